The highest BCUT2D eigenvalue weighted by atomic mass is 32.2. The number of nitrogens with one attached hydrogen (secondary N) is 3. The first kappa shape index (κ1) is 41.8. The van der Waals surface area contributed by atoms with E-state index in [1.165, 1.54) is 20.1 Å². The molecule has 2 saturated carbocycles. The van der Waals surface area contributed by atoms with Crippen molar-refractivity contribution < 1.29 is 59.8 Å². The maximum Gasteiger partial charge on any atom is 0.427 e. The van der Waals surface area contributed by atoms with Gasteiger partial charge in [-0.15, -0.1) is 0 Å². The fraction of sp³-hybridized carbons (Fsp3) is 0.649. The number of para-hydroxylation sites is 1. The smallest absolute Gasteiger partial charge is 0.427 e. The predicted octanol–water partition coefficient (Wildman–Crippen LogP) is 4.14. The number of ether oxygens (including phenoxy) is 3. The van der Waals surface area contributed by atoms with Crippen molar-refractivity contribution in [2.24, 2.45) is 17.8 Å². The Kier molecular flexibility index (Phi) is 11.6. The quantitative estimate of drug-likeness (QED) is 0.255. The number of sulfonamides is 1. The minimum absolute atomic E-state index is 0.0649. The van der Waals surface area contributed by atoms with Crippen molar-refractivity contribution in [2.45, 2.75) is 120 Å². The lowest BCUT2D eigenvalue weighted by Crippen LogP contribution is -2.59. The van der Waals surface area contributed by atoms with Crippen molar-refractivity contribution in [3.8, 4) is 5.75 Å². The minimum Gasteiger partial charge on any atom is -0.496 e. The first-order valence-corrected chi connectivity index (χ1v) is 19.8. The van der Waals surface area contributed by atoms with E-state index in [0.717, 1.165) is 4.90 Å². The monoisotopic (exact) mass is 798 g/mol. The second-order valence-electron chi connectivity index (χ2n) is 16.0. The van der Waals surface area contributed by atoms with Crippen LogP contribution in [0.1, 0.15) is 89.9 Å². The molecule has 1 saturated heterocycles. The van der Waals surface area contributed by atoms with Gasteiger partial charge >= 0.3 is 18.2 Å². The third kappa shape index (κ3) is 8.88. The summed E-state index contributed by atoms with van der Waals surface area (Å²) in [5.41, 5.74) is -4.52. The van der Waals surface area contributed by atoms with Crippen LogP contribution in [0, 0.1) is 17.8 Å². The lowest BCUT2D eigenvalue weighted by Gasteiger charge is -2.34. The molecule has 0 radical (unpaired) electrons. The number of esters is 1. The van der Waals surface area contributed by atoms with Crippen LogP contribution in [0.15, 0.2) is 36.4 Å². The SMILES string of the molecule is COc1ccccc1C(=O)O[C@@H]1C[C@H]2C(=O)N[C@]3(C(=O)NS(=O)(=O)C4(C)CC4)C[C@H]3/C=C\CC[C@H](C)C[C@@H](C)[C@H](NC(=O)OC(C)(C)C(F)(F)F)C(=O)N2C1. The van der Waals surface area contributed by atoms with E-state index < -0.39 is 91.9 Å². The summed E-state index contributed by atoms with van der Waals surface area (Å²) in [6.45, 7) is 6.03. The number of alkyl halides is 3. The number of alkyl carbamates (subject to hydrolysis) is 1. The van der Waals surface area contributed by atoms with E-state index in [1.807, 2.05) is 13.0 Å². The molecule has 2 heterocycles. The molecule has 0 unspecified atom stereocenters. The molecule has 1 aromatic rings. The summed E-state index contributed by atoms with van der Waals surface area (Å²) < 4.78 is 84.0. The lowest BCUT2D eigenvalue weighted by molar-refractivity contribution is -0.244. The van der Waals surface area contributed by atoms with Crippen LogP contribution >= 0.6 is 0 Å². The average Bonchev–Trinajstić information content (AvgIpc) is 3.97. The molecular weight excluding hydrogens is 749 g/mol. The van der Waals surface area contributed by atoms with E-state index in [0.29, 0.717) is 46.0 Å². The Morgan fingerprint density at radius 1 is 1.05 bits per heavy atom. The number of allylic oxidation sites excluding steroid dienone is 1. The van der Waals surface area contributed by atoms with Gasteiger partial charge in [-0.2, -0.15) is 13.2 Å². The fourth-order valence-electron chi connectivity index (χ4n) is 7.07. The maximum absolute atomic E-state index is 14.6. The summed E-state index contributed by atoms with van der Waals surface area (Å²) in [7, 11) is -2.73. The van der Waals surface area contributed by atoms with Crippen molar-refractivity contribution in [1.29, 1.82) is 0 Å². The largest absolute Gasteiger partial charge is 0.496 e. The van der Waals surface area contributed by atoms with Gasteiger partial charge < -0.3 is 29.7 Å². The number of nitrogens with zero attached hydrogens (tertiary/aromatic N) is 1. The van der Waals surface area contributed by atoms with E-state index in [1.54, 1.807) is 31.2 Å². The molecule has 18 heteroatoms. The number of carbonyl (C=O) groups is 5. The zero-order chi connectivity index (χ0) is 40.7. The van der Waals surface area contributed by atoms with Gasteiger partial charge in [-0.3, -0.25) is 19.1 Å². The first-order valence-electron chi connectivity index (χ1n) is 18.3. The number of methoxy groups -OCH3 is 1. The first-order chi connectivity index (χ1) is 25.5. The highest BCUT2D eigenvalue weighted by Gasteiger charge is 2.63. The maximum atomic E-state index is 14.6. The molecule has 14 nitrogen and oxygen atoms in total. The molecule has 2 aliphatic carbocycles. The number of fused-ring (bicyclic) bond motifs is 2. The molecule has 4 amide bonds. The van der Waals surface area contributed by atoms with E-state index in [-0.39, 0.29) is 36.6 Å². The summed E-state index contributed by atoms with van der Waals surface area (Å²) in [6, 6.07) is 3.32. The van der Waals surface area contributed by atoms with Gasteiger partial charge in [0.05, 0.1) is 18.4 Å². The third-order valence-corrected chi connectivity index (χ3v) is 13.3. The molecule has 0 aromatic heterocycles. The van der Waals surface area contributed by atoms with Crippen LogP contribution in [-0.2, 0) is 33.9 Å². The van der Waals surface area contributed by atoms with Crippen LogP contribution in [0.5, 0.6) is 5.75 Å². The van der Waals surface area contributed by atoms with Crippen LogP contribution < -0.4 is 20.1 Å². The van der Waals surface area contributed by atoms with Gasteiger partial charge in [0.15, 0.2) is 0 Å². The summed E-state index contributed by atoms with van der Waals surface area (Å²) in [5.74, 6) is -4.60. The fourth-order valence-corrected chi connectivity index (χ4v) is 8.38. The molecule has 3 N–H and O–H groups in total. The van der Waals surface area contributed by atoms with Gasteiger partial charge in [0.2, 0.25) is 27.4 Å². The van der Waals surface area contributed by atoms with Crippen LogP contribution in [0.2, 0.25) is 0 Å². The molecular formula is C37H49F3N4O10S. The van der Waals surface area contributed by atoms with Gasteiger partial charge in [0.25, 0.3) is 5.91 Å². The zero-order valence-corrected chi connectivity index (χ0v) is 32.5. The van der Waals surface area contributed by atoms with Crippen LogP contribution in [0.3, 0.4) is 0 Å². The standard InChI is InChI=1S/C37H49F3N4O10S/c1-21-11-7-8-12-23-19-36(23,32(48)43-55(50,51)35(5)15-16-35)42-29(45)26-18-24(53-31(47)25-13-9-10-14-27(25)52-6)20-44(26)30(46)28(22(2)17-21)41-33(49)54-34(3,4)37(38,39)40/h8-10,12-14,21-24,26,28H,7,11,15-20H2,1-6H3,(H,41,49)(H,42,45)(H,43,48)/b12-8-/t21-,22+,23+,24+,26-,28-,36+/m0/s1. The average molecular weight is 799 g/mol. The number of benzene rings is 1. The number of hydrogen-bond donors (Lipinski definition) is 3. The molecule has 304 valence electrons. The number of carbonyl (C=O) groups excluding carboxylic acids is 5. The van der Waals surface area contributed by atoms with Gasteiger partial charge in [0.1, 0.15) is 35.0 Å². The molecule has 5 rings (SSSR count). The summed E-state index contributed by atoms with van der Waals surface area (Å²) >= 11 is 0. The van der Waals surface area contributed by atoms with E-state index >= 15 is 0 Å². The Bertz CT molecular complexity index is 1830. The molecule has 4 aliphatic rings. The summed E-state index contributed by atoms with van der Waals surface area (Å²) in [5, 5.41) is 5.03. The molecule has 0 bridgehead atoms. The number of amides is 4. The topological polar surface area (TPSA) is 187 Å². The van der Waals surface area contributed by atoms with Crippen molar-refractivity contribution in [1.82, 2.24) is 20.3 Å². The summed E-state index contributed by atoms with van der Waals surface area (Å²) in [6.07, 6.45) is -2.00. The van der Waals surface area contributed by atoms with Crippen molar-refractivity contribution in [2.75, 3.05) is 13.7 Å². The van der Waals surface area contributed by atoms with Gasteiger partial charge in [-0.25, -0.2) is 18.0 Å². The van der Waals surface area contributed by atoms with Gasteiger partial charge in [0, 0.05) is 12.3 Å². The Labute approximate surface area is 318 Å². The molecule has 2 aliphatic heterocycles. The molecule has 3 fully saturated rings. The van der Waals surface area contributed by atoms with E-state index in [2.05, 4.69) is 15.4 Å². The predicted molar refractivity (Wildman–Crippen MR) is 191 cm³/mol. The Balaban J connectivity index is 1.49. The highest BCUT2D eigenvalue weighted by molar-refractivity contribution is 7.91. The Hall–Kier alpha value is -4.35. The number of rotatable bonds is 8. The third-order valence-electron chi connectivity index (χ3n) is 11.2. The Morgan fingerprint density at radius 2 is 1.73 bits per heavy atom. The van der Waals surface area contributed by atoms with Crippen LogP contribution in [0.25, 0.3) is 0 Å². The minimum atomic E-state index is -4.93. The van der Waals surface area contributed by atoms with Gasteiger partial charge in [-0.1, -0.05) is 38.1 Å². The number of hydrogen-bond acceptors (Lipinski definition) is 10. The molecule has 7 atom stereocenters. The summed E-state index contributed by atoms with van der Waals surface area (Å²) in [4.78, 5) is 70.1. The molecule has 1 aromatic carbocycles. The molecule has 0 spiro atoms. The number of halogens is 3. The van der Waals surface area contributed by atoms with Crippen molar-refractivity contribution in [3.63, 3.8) is 0 Å². The van der Waals surface area contributed by atoms with Crippen LogP contribution in [-0.4, -0.2) is 97.0 Å². The second kappa shape index (κ2) is 15.3. The highest BCUT2D eigenvalue weighted by Crippen LogP contribution is 2.47. The van der Waals surface area contributed by atoms with Crippen molar-refractivity contribution >= 4 is 39.8 Å². The Morgan fingerprint density at radius 3 is 2.36 bits per heavy atom. The molecule has 55 heavy (non-hydrogen) atoms. The van der Waals surface area contributed by atoms with E-state index in [4.69, 9.17) is 14.2 Å². The lowest BCUT2D eigenvalue weighted by atomic mass is 9.88. The van der Waals surface area contributed by atoms with Crippen LogP contribution in [0.4, 0.5) is 18.0 Å². The van der Waals surface area contributed by atoms with E-state index in [9.17, 15) is 45.6 Å². The van der Waals surface area contributed by atoms with Crippen molar-refractivity contribution in [3.05, 3.63) is 42.0 Å². The zero-order valence-electron chi connectivity index (χ0n) is 31.7. The normalized spacial score (nSPS) is 30.2. The second-order valence-corrected chi connectivity index (χ2v) is 18.2. The van der Waals surface area contributed by atoms with Gasteiger partial charge in [-0.05, 0) is 83.3 Å².